The summed E-state index contributed by atoms with van der Waals surface area (Å²) in [5.41, 5.74) is 2.64. The third-order valence-electron chi connectivity index (χ3n) is 4.39. The quantitative estimate of drug-likeness (QED) is 0.930. The van der Waals surface area contributed by atoms with Crippen LogP contribution in [0.1, 0.15) is 41.1 Å². The van der Waals surface area contributed by atoms with E-state index in [4.69, 9.17) is 9.26 Å². The third kappa shape index (κ3) is 3.14. The number of nitrogens with zero attached hydrogens (tertiary/aromatic N) is 3. The summed E-state index contributed by atoms with van der Waals surface area (Å²) in [5, 5.41) is 3.91. The van der Waals surface area contributed by atoms with Gasteiger partial charge < -0.3 is 19.1 Å². The first kappa shape index (κ1) is 15.7. The summed E-state index contributed by atoms with van der Waals surface area (Å²) < 4.78 is 10.5. The Labute approximate surface area is 135 Å². The molecular formula is C16H22N4O3. The van der Waals surface area contributed by atoms with Crippen molar-refractivity contribution in [3.05, 3.63) is 34.7 Å². The molecule has 0 bridgehead atoms. The minimum atomic E-state index is -0.0900. The summed E-state index contributed by atoms with van der Waals surface area (Å²) in [6.45, 7) is 6.33. The zero-order valence-electron chi connectivity index (χ0n) is 13.9. The van der Waals surface area contributed by atoms with Gasteiger partial charge in [0.25, 0.3) is 0 Å². The summed E-state index contributed by atoms with van der Waals surface area (Å²) in [7, 11) is 1.68. The lowest BCUT2D eigenvalue weighted by Gasteiger charge is -2.22. The average molecular weight is 318 g/mol. The van der Waals surface area contributed by atoms with E-state index in [1.54, 1.807) is 13.2 Å². The van der Waals surface area contributed by atoms with E-state index < -0.39 is 0 Å². The zero-order chi connectivity index (χ0) is 16.6. The number of carbonyl (C=O) groups is 1. The highest BCUT2D eigenvalue weighted by Gasteiger charge is 2.38. The highest BCUT2D eigenvalue weighted by atomic mass is 16.5. The lowest BCUT2D eigenvalue weighted by Crippen LogP contribution is -2.33. The van der Waals surface area contributed by atoms with E-state index in [-0.39, 0.29) is 24.5 Å². The Morgan fingerprint density at radius 3 is 2.83 bits per heavy atom. The van der Waals surface area contributed by atoms with Crippen LogP contribution in [0.15, 0.2) is 10.6 Å². The van der Waals surface area contributed by atoms with Crippen molar-refractivity contribution in [3.8, 4) is 0 Å². The Morgan fingerprint density at radius 1 is 1.48 bits per heavy atom. The van der Waals surface area contributed by atoms with Crippen LogP contribution in [0.4, 0.5) is 0 Å². The van der Waals surface area contributed by atoms with Gasteiger partial charge >= 0.3 is 0 Å². The molecule has 3 heterocycles. The molecule has 0 aliphatic carbocycles. The first-order chi connectivity index (χ1) is 11.0. The molecule has 1 fully saturated rings. The maximum atomic E-state index is 12.7. The standard InChI is InChI=1S/C16H22N4O3/c1-9-5-12(19-23-9)6-15(21)20-8-13(22-4)7-14(20)16-17-10(2)11(3)18-16/h5,13-14H,6-8H2,1-4H3,(H,17,18)/t13-,14+/m1/s1. The molecule has 0 saturated carbocycles. The maximum absolute atomic E-state index is 12.7. The maximum Gasteiger partial charge on any atom is 0.229 e. The van der Waals surface area contributed by atoms with Crippen molar-refractivity contribution in [2.45, 2.75) is 45.8 Å². The van der Waals surface area contributed by atoms with Crippen molar-refractivity contribution in [3.63, 3.8) is 0 Å². The van der Waals surface area contributed by atoms with Crippen LogP contribution in [0.3, 0.4) is 0 Å². The molecule has 0 radical (unpaired) electrons. The molecular weight excluding hydrogens is 296 g/mol. The molecule has 0 unspecified atom stereocenters. The van der Waals surface area contributed by atoms with Gasteiger partial charge in [-0.25, -0.2) is 4.98 Å². The van der Waals surface area contributed by atoms with E-state index >= 15 is 0 Å². The number of hydrogen-bond acceptors (Lipinski definition) is 5. The van der Waals surface area contributed by atoms with Crippen LogP contribution in [-0.4, -0.2) is 45.7 Å². The van der Waals surface area contributed by atoms with Crippen molar-refractivity contribution >= 4 is 5.91 Å². The van der Waals surface area contributed by atoms with Gasteiger partial charge in [0, 0.05) is 31.8 Å². The third-order valence-corrected chi connectivity index (χ3v) is 4.39. The predicted molar refractivity (Wildman–Crippen MR) is 82.9 cm³/mol. The largest absolute Gasteiger partial charge is 0.380 e. The molecule has 1 N–H and O–H groups in total. The summed E-state index contributed by atoms with van der Waals surface area (Å²) in [5.74, 6) is 1.54. The molecule has 7 nitrogen and oxygen atoms in total. The smallest absolute Gasteiger partial charge is 0.229 e. The Kier molecular flexibility index (Phi) is 4.21. The molecule has 0 spiro atoms. The molecule has 1 aliphatic heterocycles. The highest BCUT2D eigenvalue weighted by Crippen LogP contribution is 2.32. The molecule has 23 heavy (non-hydrogen) atoms. The van der Waals surface area contributed by atoms with Gasteiger partial charge in [-0.2, -0.15) is 0 Å². The summed E-state index contributed by atoms with van der Waals surface area (Å²) in [6, 6.07) is 1.70. The van der Waals surface area contributed by atoms with Crippen LogP contribution in [0.25, 0.3) is 0 Å². The second-order valence-electron chi connectivity index (χ2n) is 6.09. The molecule has 2 atom stereocenters. The fourth-order valence-corrected chi connectivity index (χ4v) is 2.99. The van der Waals surface area contributed by atoms with E-state index in [1.165, 1.54) is 0 Å². The van der Waals surface area contributed by atoms with E-state index in [0.29, 0.717) is 18.0 Å². The Morgan fingerprint density at radius 2 is 2.26 bits per heavy atom. The second kappa shape index (κ2) is 6.16. The molecule has 2 aromatic heterocycles. The lowest BCUT2D eigenvalue weighted by atomic mass is 10.2. The average Bonchev–Trinajstić information content (AvgIpc) is 3.19. The molecule has 1 aliphatic rings. The van der Waals surface area contributed by atoms with E-state index in [0.717, 1.165) is 23.6 Å². The fraction of sp³-hybridized carbons (Fsp3) is 0.562. The Bertz CT molecular complexity index is 686. The van der Waals surface area contributed by atoms with E-state index in [2.05, 4.69) is 15.1 Å². The van der Waals surface area contributed by atoms with Crippen molar-refractivity contribution in [1.82, 2.24) is 20.0 Å². The van der Waals surface area contributed by atoms with Gasteiger partial charge in [-0.15, -0.1) is 0 Å². The number of ether oxygens (including phenoxy) is 1. The first-order valence-corrected chi connectivity index (χ1v) is 7.75. The SMILES string of the molecule is CO[C@@H]1C[C@@H](c2nc(C)c(C)[nH]2)N(C(=O)Cc2cc(C)on2)C1. The monoisotopic (exact) mass is 318 g/mol. The van der Waals surface area contributed by atoms with Gasteiger partial charge in [-0.1, -0.05) is 5.16 Å². The fourth-order valence-electron chi connectivity index (χ4n) is 2.99. The normalized spacial score (nSPS) is 21.1. The molecule has 1 amide bonds. The molecule has 1 saturated heterocycles. The molecule has 7 heteroatoms. The highest BCUT2D eigenvalue weighted by molar-refractivity contribution is 5.79. The van der Waals surface area contributed by atoms with Crippen molar-refractivity contribution < 1.29 is 14.1 Å². The number of aryl methyl sites for hydroxylation is 3. The number of H-pyrrole nitrogens is 1. The molecule has 0 aromatic carbocycles. The van der Waals surface area contributed by atoms with Crippen molar-refractivity contribution in [1.29, 1.82) is 0 Å². The number of carbonyl (C=O) groups excluding carboxylic acids is 1. The summed E-state index contributed by atoms with van der Waals surface area (Å²) in [4.78, 5) is 22.4. The number of likely N-dealkylation sites (tertiary alicyclic amines) is 1. The minimum Gasteiger partial charge on any atom is -0.380 e. The van der Waals surface area contributed by atoms with Gasteiger partial charge in [-0.05, 0) is 20.8 Å². The molecule has 3 rings (SSSR count). The first-order valence-electron chi connectivity index (χ1n) is 7.75. The number of amides is 1. The zero-order valence-corrected chi connectivity index (χ0v) is 13.9. The van der Waals surface area contributed by atoms with Crippen LogP contribution in [0.5, 0.6) is 0 Å². The number of imidazole rings is 1. The lowest BCUT2D eigenvalue weighted by molar-refractivity contribution is -0.132. The van der Waals surface area contributed by atoms with Crippen LogP contribution in [-0.2, 0) is 16.0 Å². The Balaban J connectivity index is 1.80. The van der Waals surface area contributed by atoms with Gasteiger partial charge in [-0.3, -0.25) is 4.79 Å². The van der Waals surface area contributed by atoms with E-state index in [1.807, 2.05) is 25.7 Å². The predicted octanol–water partition coefficient (Wildman–Crippen LogP) is 1.85. The van der Waals surface area contributed by atoms with Crippen molar-refractivity contribution in [2.75, 3.05) is 13.7 Å². The number of nitrogens with one attached hydrogen (secondary N) is 1. The topological polar surface area (TPSA) is 84.2 Å². The van der Waals surface area contributed by atoms with Gasteiger partial charge in [0.05, 0.1) is 30.0 Å². The van der Waals surface area contributed by atoms with Crippen LogP contribution in [0.2, 0.25) is 0 Å². The number of aromatic nitrogens is 3. The minimum absolute atomic E-state index is 0.00885. The summed E-state index contributed by atoms with van der Waals surface area (Å²) in [6.07, 6.45) is 0.990. The number of methoxy groups -OCH3 is 1. The van der Waals surface area contributed by atoms with Crippen molar-refractivity contribution in [2.24, 2.45) is 0 Å². The van der Waals surface area contributed by atoms with Crippen LogP contribution >= 0.6 is 0 Å². The second-order valence-corrected chi connectivity index (χ2v) is 6.09. The molecule has 2 aromatic rings. The number of hydrogen-bond donors (Lipinski definition) is 1. The molecule has 124 valence electrons. The van der Waals surface area contributed by atoms with Crippen LogP contribution in [0, 0.1) is 20.8 Å². The summed E-state index contributed by atoms with van der Waals surface area (Å²) >= 11 is 0. The number of rotatable bonds is 4. The van der Waals surface area contributed by atoms with E-state index in [9.17, 15) is 4.79 Å². The van der Waals surface area contributed by atoms with Gasteiger partial charge in [0.1, 0.15) is 11.6 Å². The van der Waals surface area contributed by atoms with Gasteiger partial charge in [0.2, 0.25) is 5.91 Å². The Hall–Kier alpha value is -2.15. The van der Waals surface area contributed by atoms with Gasteiger partial charge in [0.15, 0.2) is 0 Å². The van der Waals surface area contributed by atoms with Crippen LogP contribution < -0.4 is 0 Å². The number of aromatic amines is 1.